The second-order valence-corrected chi connectivity index (χ2v) is 8.47. The van der Waals surface area contributed by atoms with E-state index in [9.17, 15) is 8.42 Å². The third kappa shape index (κ3) is 9.97. The molecule has 0 aromatic heterocycles. The summed E-state index contributed by atoms with van der Waals surface area (Å²) < 4.78 is 27.2. The summed E-state index contributed by atoms with van der Waals surface area (Å²) in [6.07, 6.45) is 3.64. The largest absolute Gasteiger partial charge is 0.378 e. The van der Waals surface area contributed by atoms with E-state index in [1.165, 1.54) is 24.9 Å². The molecule has 0 aromatic carbocycles. The highest BCUT2D eigenvalue weighted by atomic mass is 32.2. The minimum atomic E-state index is -2.94. The molecule has 124 valence electrons. The van der Waals surface area contributed by atoms with E-state index in [2.05, 4.69) is 15.6 Å². The zero-order chi connectivity index (χ0) is 15.6. The highest BCUT2D eigenvalue weighted by molar-refractivity contribution is 7.99. The standard InChI is InChI=1S/C13H27N3O3S2/c1-3-14-13(16-12-5-4-9-20-11-12)15-6-7-19-8-10-21(2,17)18/h12H,3-11H2,1-2H3,(H2,14,15,16). The molecule has 21 heavy (non-hydrogen) atoms. The minimum Gasteiger partial charge on any atom is -0.378 e. The Labute approximate surface area is 132 Å². The van der Waals surface area contributed by atoms with E-state index in [1.54, 1.807) is 0 Å². The number of rotatable bonds is 8. The van der Waals surface area contributed by atoms with Crippen molar-refractivity contribution in [3.63, 3.8) is 0 Å². The molecule has 1 rings (SSSR count). The van der Waals surface area contributed by atoms with Gasteiger partial charge in [-0.3, -0.25) is 4.99 Å². The maximum atomic E-state index is 10.9. The Morgan fingerprint density at radius 3 is 2.86 bits per heavy atom. The van der Waals surface area contributed by atoms with E-state index >= 15 is 0 Å². The second-order valence-electron chi connectivity index (χ2n) is 5.06. The van der Waals surface area contributed by atoms with Crippen LogP contribution in [0.25, 0.3) is 0 Å². The molecule has 0 aromatic rings. The molecule has 1 aliphatic heterocycles. The lowest BCUT2D eigenvalue weighted by atomic mass is 10.2. The predicted octanol–water partition coefficient (Wildman–Crippen LogP) is 0.498. The Bertz CT molecular complexity index is 407. The highest BCUT2D eigenvalue weighted by Gasteiger charge is 2.14. The van der Waals surface area contributed by atoms with Crippen molar-refractivity contribution in [2.24, 2.45) is 4.99 Å². The smallest absolute Gasteiger partial charge is 0.191 e. The van der Waals surface area contributed by atoms with Crippen molar-refractivity contribution in [1.29, 1.82) is 0 Å². The van der Waals surface area contributed by atoms with Crippen LogP contribution in [-0.4, -0.2) is 70.2 Å². The first-order chi connectivity index (χ1) is 10.0. The third-order valence-corrected chi connectivity index (χ3v) is 5.07. The van der Waals surface area contributed by atoms with Crippen molar-refractivity contribution in [2.75, 3.05) is 49.8 Å². The Hall–Kier alpha value is -0.470. The zero-order valence-corrected chi connectivity index (χ0v) is 14.6. The molecule has 0 spiro atoms. The summed E-state index contributed by atoms with van der Waals surface area (Å²) >= 11 is 1.97. The van der Waals surface area contributed by atoms with Gasteiger partial charge >= 0.3 is 0 Å². The van der Waals surface area contributed by atoms with Gasteiger partial charge in [-0.1, -0.05) is 0 Å². The normalized spacial score (nSPS) is 20.3. The molecule has 6 nitrogen and oxygen atoms in total. The summed E-state index contributed by atoms with van der Waals surface area (Å²) in [5, 5.41) is 6.66. The van der Waals surface area contributed by atoms with Crippen LogP contribution in [0.1, 0.15) is 19.8 Å². The van der Waals surface area contributed by atoms with Gasteiger partial charge in [0.2, 0.25) is 0 Å². The molecule has 0 aliphatic carbocycles. The highest BCUT2D eigenvalue weighted by Crippen LogP contribution is 2.16. The van der Waals surface area contributed by atoms with Crippen LogP contribution in [0.2, 0.25) is 0 Å². The fourth-order valence-electron chi connectivity index (χ4n) is 1.90. The third-order valence-electron chi connectivity index (χ3n) is 2.95. The molecule has 8 heteroatoms. The molecule has 1 saturated heterocycles. The Morgan fingerprint density at radius 2 is 2.24 bits per heavy atom. The van der Waals surface area contributed by atoms with E-state index < -0.39 is 9.84 Å². The monoisotopic (exact) mass is 337 g/mol. The topological polar surface area (TPSA) is 79.8 Å². The Balaban J connectivity index is 2.24. The lowest BCUT2D eigenvalue weighted by Gasteiger charge is -2.24. The van der Waals surface area contributed by atoms with Crippen LogP contribution in [0.5, 0.6) is 0 Å². The fourth-order valence-corrected chi connectivity index (χ4v) is 3.39. The number of sulfone groups is 1. The molecule has 0 saturated carbocycles. The number of guanidine groups is 1. The van der Waals surface area contributed by atoms with Gasteiger partial charge in [0.05, 0.1) is 25.5 Å². The predicted molar refractivity (Wildman–Crippen MR) is 90.0 cm³/mol. The van der Waals surface area contributed by atoms with Gasteiger partial charge in [-0.2, -0.15) is 11.8 Å². The van der Waals surface area contributed by atoms with Gasteiger partial charge in [-0.05, 0) is 25.5 Å². The van der Waals surface area contributed by atoms with E-state index in [1.807, 2.05) is 18.7 Å². The van der Waals surface area contributed by atoms with Gasteiger partial charge in [0.1, 0.15) is 9.84 Å². The van der Waals surface area contributed by atoms with Crippen molar-refractivity contribution < 1.29 is 13.2 Å². The molecule has 1 atom stereocenters. The maximum Gasteiger partial charge on any atom is 0.191 e. The van der Waals surface area contributed by atoms with E-state index in [0.29, 0.717) is 19.2 Å². The Morgan fingerprint density at radius 1 is 1.43 bits per heavy atom. The molecular formula is C13H27N3O3S2. The number of aliphatic imine (C=N–C) groups is 1. The van der Waals surface area contributed by atoms with Crippen LogP contribution in [0.3, 0.4) is 0 Å². The summed E-state index contributed by atoms with van der Waals surface area (Å²) in [4.78, 5) is 4.45. The SMILES string of the molecule is CCNC(=NCCOCCS(C)(=O)=O)NC1CCCSC1. The lowest BCUT2D eigenvalue weighted by molar-refractivity contribution is 0.157. The summed E-state index contributed by atoms with van der Waals surface area (Å²) in [6, 6.07) is 0.479. The molecule has 0 amide bonds. The van der Waals surface area contributed by atoms with E-state index in [0.717, 1.165) is 18.3 Å². The van der Waals surface area contributed by atoms with Crippen LogP contribution in [-0.2, 0) is 14.6 Å². The van der Waals surface area contributed by atoms with Crippen molar-refractivity contribution in [1.82, 2.24) is 10.6 Å². The van der Waals surface area contributed by atoms with Crippen LogP contribution >= 0.6 is 11.8 Å². The molecule has 2 N–H and O–H groups in total. The van der Waals surface area contributed by atoms with Crippen LogP contribution < -0.4 is 10.6 Å². The summed E-state index contributed by atoms with van der Waals surface area (Å²) in [5.74, 6) is 3.25. The summed E-state index contributed by atoms with van der Waals surface area (Å²) in [5.41, 5.74) is 0. The van der Waals surface area contributed by atoms with Gasteiger partial charge < -0.3 is 15.4 Å². The lowest BCUT2D eigenvalue weighted by Crippen LogP contribution is -2.45. The van der Waals surface area contributed by atoms with Gasteiger partial charge in [-0.25, -0.2) is 8.42 Å². The van der Waals surface area contributed by atoms with Crippen LogP contribution in [0, 0.1) is 0 Å². The zero-order valence-electron chi connectivity index (χ0n) is 12.9. The van der Waals surface area contributed by atoms with Gasteiger partial charge in [-0.15, -0.1) is 0 Å². The van der Waals surface area contributed by atoms with E-state index in [-0.39, 0.29) is 12.4 Å². The van der Waals surface area contributed by atoms with Gasteiger partial charge in [0.15, 0.2) is 5.96 Å². The maximum absolute atomic E-state index is 10.9. The molecule has 0 bridgehead atoms. The average Bonchev–Trinajstić information content (AvgIpc) is 2.43. The first-order valence-electron chi connectivity index (χ1n) is 7.39. The first-order valence-corrected chi connectivity index (χ1v) is 10.6. The number of hydrogen-bond acceptors (Lipinski definition) is 5. The minimum absolute atomic E-state index is 0.0638. The number of ether oxygens (including phenoxy) is 1. The van der Waals surface area contributed by atoms with Crippen molar-refractivity contribution in [3.05, 3.63) is 0 Å². The number of nitrogens with zero attached hydrogens (tertiary/aromatic N) is 1. The second kappa shape index (κ2) is 10.3. The quantitative estimate of drug-likeness (QED) is 0.381. The number of hydrogen-bond donors (Lipinski definition) is 2. The first kappa shape index (κ1) is 18.6. The van der Waals surface area contributed by atoms with Gasteiger partial charge in [0, 0.05) is 24.6 Å². The van der Waals surface area contributed by atoms with Crippen molar-refractivity contribution >= 4 is 27.6 Å². The van der Waals surface area contributed by atoms with Crippen LogP contribution in [0.15, 0.2) is 4.99 Å². The summed E-state index contributed by atoms with van der Waals surface area (Å²) in [7, 11) is -2.94. The number of thioether (sulfide) groups is 1. The Kier molecular flexibility index (Phi) is 9.10. The van der Waals surface area contributed by atoms with E-state index in [4.69, 9.17) is 4.74 Å². The number of nitrogens with one attached hydrogen (secondary N) is 2. The van der Waals surface area contributed by atoms with Crippen molar-refractivity contribution in [3.8, 4) is 0 Å². The molecule has 1 heterocycles. The molecule has 1 aliphatic rings. The molecular weight excluding hydrogens is 310 g/mol. The fraction of sp³-hybridized carbons (Fsp3) is 0.923. The molecule has 1 fully saturated rings. The van der Waals surface area contributed by atoms with Crippen LogP contribution in [0.4, 0.5) is 0 Å². The molecule has 1 unspecified atom stereocenters. The average molecular weight is 338 g/mol. The van der Waals surface area contributed by atoms with Gasteiger partial charge in [0.25, 0.3) is 0 Å². The molecule has 0 radical (unpaired) electrons. The van der Waals surface area contributed by atoms with Crippen molar-refractivity contribution in [2.45, 2.75) is 25.8 Å². The summed E-state index contributed by atoms with van der Waals surface area (Å²) in [6.45, 7) is 4.05.